The van der Waals surface area contributed by atoms with Crippen molar-refractivity contribution in [1.29, 1.82) is 0 Å². The minimum atomic E-state index is -0.240. The van der Waals surface area contributed by atoms with Gasteiger partial charge in [-0.05, 0) is 104 Å². The highest BCUT2D eigenvalue weighted by atomic mass is 16.5. The van der Waals surface area contributed by atoms with Crippen molar-refractivity contribution in [2.24, 2.45) is 17.3 Å². The predicted molar refractivity (Wildman–Crippen MR) is 131 cm³/mol. The summed E-state index contributed by atoms with van der Waals surface area (Å²) in [5.41, 5.74) is 8.17. The molecule has 5 rings (SSSR count). The van der Waals surface area contributed by atoms with Gasteiger partial charge in [-0.2, -0.15) is 0 Å². The topological polar surface area (TPSA) is 32.7 Å². The molecule has 1 aromatic carbocycles. The van der Waals surface area contributed by atoms with Crippen LogP contribution in [0.3, 0.4) is 0 Å². The van der Waals surface area contributed by atoms with Crippen LogP contribution in [-0.2, 0) is 11.2 Å². The third-order valence-electron chi connectivity index (χ3n) is 10.1. The Balaban J connectivity index is 1.44. The number of methoxy groups -OCH3 is 1. The fourth-order valence-corrected chi connectivity index (χ4v) is 8.29. The first-order valence-electron chi connectivity index (χ1n) is 13.0. The molecule has 1 aromatic rings. The minimum Gasteiger partial charge on any atom is -0.391 e. The van der Waals surface area contributed by atoms with Gasteiger partial charge in [-0.25, -0.2) is 0 Å². The van der Waals surface area contributed by atoms with Gasteiger partial charge in [-0.15, -0.1) is 0 Å². The van der Waals surface area contributed by atoms with E-state index in [1.54, 1.807) is 16.7 Å². The van der Waals surface area contributed by atoms with Crippen molar-refractivity contribution in [2.45, 2.75) is 96.3 Å². The lowest BCUT2D eigenvalue weighted by Gasteiger charge is -2.48. The second kappa shape index (κ2) is 8.25. The van der Waals surface area contributed by atoms with E-state index in [1.165, 1.54) is 36.8 Å². The highest BCUT2D eigenvalue weighted by Gasteiger charge is 2.50. The number of fused-ring (bicyclic) bond motifs is 5. The minimum absolute atomic E-state index is 0.210. The zero-order chi connectivity index (χ0) is 22.8. The summed E-state index contributed by atoms with van der Waals surface area (Å²) < 4.78 is 5.74. The van der Waals surface area contributed by atoms with Crippen LogP contribution in [0.25, 0.3) is 0 Å². The van der Waals surface area contributed by atoms with Crippen LogP contribution in [0.5, 0.6) is 0 Å². The Kier molecular flexibility index (Phi) is 5.83. The van der Waals surface area contributed by atoms with Gasteiger partial charge in [-0.1, -0.05) is 44.6 Å². The van der Waals surface area contributed by atoms with Crippen LogP contribution in [0, 0.1) is 24.2 Å². The maximum absolute atomic E-state index is 10.9. The fraction of sp³-hybridized carbons (Fsp3) is 0.724. The van der Waals surface area contributed by atoms with E-state index in [-0.39, 0.29) is 12.1 Å². The summed E-state index contributed by atoms with van der Waals surface area (Å²) in [5, 5.41) is 10.9. The van der Waals surface area contributed by atoms with Gasteiger partial charge >= 0.3 is 0 Å². The molecule has 4 aliphatic rings. The van der Waals surface area contributed by atoms with Crippen LogP contribution < -0.4 is 0 Å². The molecule has 1 saturated heterocycles. The predicted octanol–water partition coefficient (Wildman–Crippen LogP) is 5.59. The first-order valence-corrected chi connectivity index (χ1v) is 13.0. The molecule has 176 valence electrons. The monoisotopic (exact) mass is 437 g/mol. The second-order valence-electron chi connectivity index (χ2n) is 11.9. The molecule has 1 saturated carbocycles. The van der Waals surface area contributed by atoms with Crippen LogP contribution in [0.15, 0.2) is 23.8 Å². The van der Waals surface area contributed by atoms with E-state index in [2.05, 4.69) is 57.9 Å². The number of piperidine rings is 1. The van der Waals surface area contributed by atoms with E-state index in [4.69, 9.17) is 4.74 Å². The summed E-state index contributed by atoms with van der Waals surface area (Å²) in [4.78, 5) is 2.40. The molecule has 2 fully saturated rings. The number of hydrogen-bond acceptors (Lipinski definition) is 3. The van der Waals surface area contributed by atoms with Gasteiger partial charge in [0.25, 0.3) is 0 Å². The Morgan fingerprint density at radius 3 is 2.75 bits per heavy atom. The molecule has 32 heavy (non-hydrogen) atoms. The molecule has 3 heteroatoms. The number of likely N-dealkylation sites (tertiary alicyclic amines) is 1. The van der Waals surface area contributed by atoms with Crippen molar-refractivity contribution in [1.82, 2.24) is 4.90 Å². The summed E-state index contributed by atoms with van der Waals surface area (Å²) in [6, 6.07) is 5.07. The average Bonchev–Trinajstić information content (AvgIpc) is 3.14. The third kappa shape index (κ3) is 3.42. The number of likely N-dealkylation sites (N-methyl/N-ethyl adjacent to an activating group) is 1. The first-order chi connectivity index (χ1) is 15.2. The Morgan fingerprint density at radius 2 is 2.03 bits per heavy atom. The highest BCUT2D eigenvalue weighted by Crippen LogP contribution is 2.60. The molecule has 8 atom stereocenters. The SMILES string of the molecule is CO[C@H]1CC[C@@]2(C)C(=CC[C@H]3c4ccc([C@H](C)[C@H]5[C@H](O)C[C@H](C)CN5C)c(C)c4C[C@@H]32)C1. The van der Waals surface area contributed by atoms with Gasteiger partial charge in [-0.3, -0.25) is 4.90 Å². The van der Waals surface area contributed by atoms with E-state index in [0.29, 0.717) is 29.3 Å². The van der Waals surface area contributed by atoms with Gasteiger partial charge in [0, 0.05) is 19.7 Å². The molecule has 0 spiro atoms. The molecule has 0 amide bonds. The van der Waals surface area contributed by atoms with E-state index >= 15 is 0 Å². The van der Waals surface area contributed by atoms with Crippen LogP contribution in [0.2, 0.25) is 0 Å². The zero-order valence-corrected chi connectivity index (χ0v) is 21.0. The average molecular weight is 438 g/mol. The normalized spacial score (nSPS) is 40.3. The lowest BCUT2D eigenvalue weighted by molar-refractivity contribution is -0.00763. The number of hydrogen-bond donors (Lipinski definition) is 1. The van der Waals surface area contributed by atoms with Crippen LogP contribution >= 0.6 is 0 Å². The van der Waals surface area contributed by atoms with Crippen molar-refractivity contribution in [3.8, 4) is 0 Å². The van der Waals surface area contributed by atoms with Gasteiger partial charge in [0.1, 0.15) is 0 Å². The Morgan fingerprint density at radius 1 is 1.25 bits per heavy atom. The van der Waals surface area contributed by atoms with Gasteiger partial charge in [0.05, 0.1) is 12.2 Å². The molecule has 0 bridgehead atoms. The Hall–Kier alpha value is -1.16. The first kappa shape index (κ1) is 22.6. The van der Waals surface area contributed by atoms with Crippen molar-refractivity contribution in [3.05, 3.63) is 46.0 Å². The lowest BCUT2D eigenvalue weighted by Crippen LogP contribution is -2.51. The van der Waals surface area contributed by atoms with Crippen molar-refractivity contribution in [3.63, 3.8) is 0 Å². The Labute approximate surface area is 195 Å². The molecule has 0 aromatic heterocycles. The van der Waals surface area contributed by atoms with E-state index in [0.717, 1.165) is 25.3 Å². The smallest absolute Gasteiger partial charge is 0.0704 e. The summed E-state index contributed by atoms with van der Waals surface area (Å²) >= 11 is 0. The van der Waals surface area contributed by atoms with Gasteiger partial charge < -0.3 is 9.84 Å². The summed E-state index contributed by atoms with van der Waals surface area (Å²) in [5.74, 6) is 2.31. The molecule has 1 N–H and O–H groups in total. The van der Waals surface area contributed by atoms with Gasteiger partial charge in [0.2, 0.25) is 0 Å². The maximum Gasteiger partial charge on any atom is 0.0704 e. The van der Waals surface area contributed by atoms with E-state index in [1.807, 2.05) is 7.11 Å². The number of rotatable bonds is 3. The summed E-state index contributed by atoms with van der Waals surface area (Å²) in [6.45, 7) is 10.6. The molecule has 1 heterocycles. The Bertz CT molecular complexity index is 895. The highest BCUT2D eigenvalue weighted by molar-refractivity contribution is 5.50. The van der Waals surface area contributed by atoms with Crippen LogP contribution in [0.4, 0.5) is 0 Å². The van der Waals surface area contributed by atoms with Crippen LogP contribution in [-0.4, -0.2) is 49.0 Å². The molecule has 3 aliphatic carbocycles. The number of allylic oxidation sites excluding steroid dienone is 1. The maximum atomic E-state index is 10.9. The third-order valence-corrected chi connectivity index (χ3v) is 10.1. The number of ether oxygens (including phenoxy) is 1. The molecular weight excluding hydrogens is 394 g/mol. The lowest BCUT2D eigenvalue weighted by atomic mass is 9.57. The van der Waals surface area contributed by atoms with Crippen molar-refractivity contribution < 1.29 is 9.84 Å². The van der Waals surface area contributed by atoms with E-state index in [9.17, 15) is 5.11 Å². The van der Waals surface area contributed by atoms with Gasteiger partial charge in [0.15, 0.2) is 0 Å². The molecular formula is C29H43NO2. The number of nitrogens with zero attached hydrogens (tertiary/aromatic N) is 1. The molecule has 3 nitrogen and oxygen atoms in total. The molecule has 0 unspecified atom stereocenters. The number of benzene rings is 1. The standard InChI is InChI=1S/C29H43NO2/c1-17-13-27(31)28(30(5)16-17)19(3)22-9-10-23-24-8-7-20-14-21(32-6)11-12-29(20,4)26(24)15-25(23)18(22)2/h7,9-10,17,19,21,24,26-28,31H,8,11-16H2,1-6H3/t17-,19-,21-,24-,26-,27+,28-,29-/m0/s1. The molecule has 1 aliphatic heterocycles. The molecule has 0 radical (unpaired) electrons. The fourth-order valence-electron chi connectivity index (χ4n) is 8.29. The number of aliphatic hydroxyl groups is 1. The van der Waals surface area contributed by atoms with E-state index < -0.39 is 0 Å². The zero-order valence-electron chi connectivity index (χ0n) is 21.0. The van der Waals surface area contributed by atoms with Crippen LogP contribution in [0.1, 0.15) is 87.0 Å². The van der Waals surface area contributed by atoms with Crippen molar-refractivity contribution >= 4 is 0 Å². The van der Waals surface area contributed by atoms with Crippen molar-refractivity contribution in [2.75, 3.05) is 20.7 Å². The number of aliphatic hydroxyl groups excluding tert-OH is 1. The quantitative estimate of drug-likeness (QED) is 0.626. The largest absolute Gasteiger partial charge is 0.391 e. The summed E-state index contributed by atoms with van der Waals surface area (Å²) in [7, 11) is 4.07. The second-order valence-corrected chi connectivity index (χ2v) is 11.9. The summed E-state index contributed by atoms with van der Waals surface area (Å²) in [6.07, 6.45) is 9.64.